The van der Waals surface area contributed by atoms with Crippen LogP contribution in [0.2, 0.25) is 0 Å². The third kappa shape index (κ3) is 3.12. The minimum absolute atomic E-state index is 0. The Balaban J connectivity index is 0.00000169. The Morgan fingerprint density at radius 3 is 1.71 bits per heavy atom. The molecule has 82 valence electrons. The van der Waals surface area contributed by atoms with Gasteiger partial charge in [-0.05, 0) is 41.5 Å². The minimum atomic E-state index is 0. The average molecular weight is 261 g/mol. The van der Waals surface area contributed by atoms with Crippen molar-refractivity contribution in [1.82, 2.24) is 4.57 Å². The van der Waals surface area contributed by atoms with Crippen LogP contribution in [0.5, 0.6) is 0 Å². The van der Waals surface area contributed by atoms with Crippen LogP contribution in [0.15, 0.2) is 18.7 Å². The van der Waals surface area contributed by atoms with Crippen molar-refractivity contribution in [2.24, 2.45) is 0 Å². The van der Waals surface area contributed by atoms with E-state index in [1.54, 1.807) is 0 Å². The summed E-state index contributed by atoms with van der Waals surface area (Å²) >= 11 is 0. The molecule has 14 heavy (non-hydrogen) atoms. The second kappa shape index (κ2) is 4.05. The summed E-state index contributed by atoms with van der Waals surface area (Å²) in [5.74, 6) is 0. The average Bonchev–Trinajstić information content (AvgIpc) is 2.28. The molecule has 1 aromatic heterocycles. The Bertz CT molecular complexity index is 260. The van der Waals surface area contributed by atoms with Gasteiger partial charge in [0.05, 0.1) is 0 Å². The van der Waals surface area contributed by atoms with E-state index in [4.69, 9.17) is 0 Å². The van der Waals surface area contributed by atoms with Gasteiger partial charge in [-0.2, -0.15) is 0 Å². The topological polar surface area (TPSA) is 8.81 Å². The molecule has 0 unspecified atom stereocenters. The smallest absolute Gasteiger partial charge is 0.244 e. The van der Waals surface area contributed by atoms with Gasteiger partial charge in [-0.15, -0.1) is 0 Å². The summed E-state index contributed by atoms with van der Waals surface area (Å²) in [5, 5.41) is 0. The second-order valence-electron chi connectivity index (χ2n) is 5.57. The molecule has 0 aliphatic rings. The first-order valence-corrected chi connectivity index (χ1v) is 4.81. The highest BCUT2D eigenvalue weighted by atomic mass is 79.9. The van der Waals surface area contributed by atoms with Crippen LogP contribution < -0.4 is 21.5 Å². The fraction of sp³-hybridized carbons (Fsp3) is 0.727. The molecule has 0 radical (unpaired) electrons. The highest BCUT2D eigenvalue weighted by Crippen LogP contribution is 2.13. The lowest BCUT2D eigenvalue weighted by molar-refractivity contribution is -0.753. The van der Waals surface area contributed by atoms with E-state index in [0.717, 1.165) is 0 Å². The van der Waals surface area contributed by atoms with Crippen LogP contribution in [0.3, 0.4) is 0 Å². The van der Waals surface area contributed by atoms with E-state index in [1.165, 1.54) is 0 Å². The lowest BCUT2D eigenvalue weighted by atomic mass is 10.1. The molecular weight excluding hydrogens is 240 g/mol. The maximum absolute atomic E-state index is 2.23. The number of aromatic nitrogens is 2. The molecule has 0 bridgehead atoms. The maximum atomic E-state index is 2.23. The van der Waals surface area contributed by atoms with E-state index in [0.29, 0.717) is 0 Å². The molecule has 0 saturated carbocycles. The van der Waals surface area contributed by atoms with Crippen molar-refractivity contribution in [2.45, 2.75) is 52.6 Å². The molecule has 0 aliphatic heterocycles. The summed E-state index contributed by atoms with van der Waals surface area (Å²) in [6, 6.07) is 0. The molecule has 0 aromatic carbocycles. The predicted octanol–water partition coefficient (Wildman–Crippen LogP) is -0.710. The SMILES string of the molecule is CC(C)(C)n1cc[n+](C(C)(C)C)c1.[Br-]. The van der Waals surface area contributed by atoms with Crippen molar-refractivity contribution < 1.29 is 21.5 Å². The van der Waals surface area contributed by atoms with Crippen molar-refractivity contribution in [3.8, 4) is 0 Å². The number of halogens is 1. The van der Waals surface area contributed by atoms with Crippen LogP contribution in [-0.4, -0.2) is 4.57 Å². The lowest BCUT2D eigenvalue weighted by Gasteiger charge is -2.16. The molecule has 0 aliphatic carbocycles. The summed E-state index contributed by atoms with van der Waals surface area (Å²) in [4.78, 5) is 0. The van der Waals surface area contributed by atoms with Gasteiger partial charge in [0.15, 0.2) is 0 Å². The number of rotatable bonds is 0. The van der Waals surface area contributed by atoms with E-state index < -0.39 is 0 Å². The normalized spacial score (nSPS) is 12.4. The Morgan fingerprint density at radius 2 is 1.50 bits per heavy atom. The molecular formula is C11H21BrN2. The standard InChI is InChI=1S/C11H21N2.BrH/c1-10(2,3)12-7-8-13(9-12)11(4,5)6;/h7-9H,1-6H3;1H/q+1;/p-1. The monoisotopic (exact) mass is 260 g/mol. The van der Waals surface area contributed by atoms with Gasteiger partial charge in [0.1, 0.15) is 23.5 Å². The van der Waals surface area contributed by atoms with Crippen molar-refractivity contribution in [3.63, 3.8) is 0 Å². The minimum Gasteiger partial charge on any atom is -1.00 e. The Morgan fingerprint density at radius 1 is 1.00 bits per heavy atom. The molecule has 1 rings (SSSR count). The first-order valence-electron chi connectivity index (χ1n) is 4.81. The van der Waals surface area contributed by atoms with Crippen molar-refractivity contribution in [2.75, 3.05) is 0 Å². The number of hydrogen-bond acceptors (Lipinski definition) is 0. The van der Waals surface area contributed by atoms with E-state index in [2.05, 4.69) is 69.4 Å². The van der Waals surface area contributed by atoms with E-state index in [1.807, 2.05) is 0 Å². The van der Waals surface area contributed by atoms with Gasteiger partial charge in [-0.3, -0.25) is 0 Å². The summed E-state index contributed by atoms with van der Waals surface area (Å²) in [7, 11) is 0. The highest BCUT2D eigenvalue weighted by molar-refractivity contribution is 4.79. The van der Waals surface area contributed by atoms with Gasteiger partial charge in [0.2, 0.25) is 6.33 Å². The number of imidazole rings is 1. The molecule has 1 aromatic rings. The maximum Gasteiger partial charge on any atom is 0.244 e. The lowest BCUT2D eigenvalue weighted by Crippen LogP contribution is -3.00. The Labute approximate surface area is 97.7 Å². The van der Waals surface area contributed by atoms with Crippen molar-refractivity contribution >= 4 is 0 Å². The van der Waals surface area contributed by atoms with Crippen LogP contribution >= 0.6 is 0 Å². The zero-order chi connectivity index (χ0) is 10.3. The van der Waals surface area contributed by atoms with Gasteiger partial charge in [-0.1, -0.05) is 0 Å². The summed E-state index contributed by atoms with van der Waals surface area (Å²) in [6.45, 7) is 13.3. The van der Waals surface area contributed by atoms with Gasteiger partial charge in [0.25, 0.3) is 0 Å². The quantitative estimate of drug-likeness (QED) is 0.546. The molecule has 1 heterocycles. The molecule has 0 spiro atoms. The number of nitrogens with zero attached hydrogens (tertiary/aromatic N) is 2. The van der Waals surface area contributed by atoms with Crippen molar-refractivity contribution in [3.05, 3.63) is 18.7 Å². The van der Waals surface area contributed by atoms with Crippen molar-refractivity contribution in [1.29, 1.82) is 0 Å². The van der Waals surface area contributed by atoms with Crippen LogP contribution in [0.25, 0.3) is 0 Å². The zero-order valence-corrected chi connectivity index (χ0v) is 11.6. The summed E-state index contributed by atoms with van der Waals surface area (Å²) in [5.41, 5.74) is 0.354. The third-order valence-corrected chi connectivity index (χ3v) is 2.19. The molecule has 0 N–H and O–H groups in total. The molecule has 2 nitrogen and oxygen atoms in total. The fourth-order valence-corrected chi connectivity index (χ4v) is 1.15. The van der Waals surface area contributed by atoms with E-state index >= 15 is 0 Å². The Hall–Kier alpha value is -0.310. The highest BCUT2D eigenvalue weighted by Gasteiger charge is 2.24. The molecule has 0 fully saturated rings. The fourth-order valence-electron chi connectivity index (χ4n) is 1.15. The second-order valence-corrected chi connectivity index (χ2v) is 5.57. The first kappa shape index (κ1) is 13.7. The molecule has 0 saturated heterocycles. The largest absolute Gasteiger partial charge is 1.00 e. The van der Waals surface area contributed by atoms with E-state index in [9.17, 15) is 0 Å². The van der Waals surface area contributed by atoms with Gasteiger partial charge in [0, 0.05) is 0 Å². The number of hydrogen-bond donors (Lipinski definition) is 0. The molecule has 0 atom stereocenters. The molecule has 0 amide bonds. The van der Waals surface area contributed by atoms with Gasteiger partial charge >= 0.3 is 0 Å². The van der Waals surface area contributed by atoms with Crippen LogP contribution in [0.1, 0.15) is 41.5 Å². The Kier molecular flexibility index (Phi) is 3.96. The van der Waals surface area contributed by atoms with Crippen LogP contribution in [-0.2, 0) is 11.1 Å². The molecule has 3 heteroatoms. The third-order valence-electron chi connectivity index (χ3n) is 2.19. The zero-order valence-electron chi connectivity index (χ0n) is 10.0. The van der Waals surface area contributed by atoms with E-state index in [-0.39, 0.29) is 28.1 Å². The first-order chi connectivity index (χ1) is 5.71. The summed E-state index contributed by atoms with van der Waals surface area (Å²) < 4.78 is 4.47. The summed E-state index contributed by atoms with van der Waals surface area (Å²) in [6.07, 6.45) is 6.43. The van der Waals surface area contributed by atoms with Gasteiger partial charge in [-0.25, -0.2) is 9.13 Å². The van der Waals surface area contributed by atoms with Gasteiger partial charge < -0.3 is 17.0 Å². The predicted molar refractivity (Wildman–Crippen MR) is 54.6 cm³/mol. The van der Waals surface area contributed by atoms with Crippen LogP contribution in [0, 0.1) is 0 Å². The van der Waals surface area contributed by atoms with Crippen LogP contribution in [0.4, 0.5) is 0 Å².